The smallest absolute Gasteiger partial charge is 0.191 e. The molecule has 4 rings (SSSR count). The van der Waals surface area contributed by atoms with Gasteiger partial charge in [0.15, 0.2) is 5.96 Å². The normalized spacial score (nSPS) is 15.8. The summed E-state index contributed by atoms with van der Waals surface area (Å²) in [5, 5.41) is 6.81. The Bertz CT molecular complexity index is 1020. The van der Waals surface area contributed by atoms with Gasteiger partial charge in [0.25, 0.3) is 0 Å². The second-order valence-corrected chi connectivity index (χ2v) is 7.59. The highest BCUT2D eigenvalue weighted by Crippen LogP contribution is 2.24. The third-order valence-electron chi connectivity index (χ3n) is 5.29. The molecule has 0 bridgehead atoms. The first-order chi connectivity index (χ1) is 15.2. The number of imidazole rings is 1. The zero-order valence-corrected chi connectivity index (χ0v) is 20.8. The zero-order chi connectivity index (χ0) is 21.5. The van der Waals surface area contributed by atoms with Crippen molar-refractivity contribution in [1.82, 2.24) is 20.2 Å². The van der Waals surface area contributed by atoms with Gasteiger partial charge in [-0.1, -0.05) is 30.3 Å². The molecule has 1 saturated heterocycles. The molecule has 1 fully saturated rings. The van der Waals surface area contributed by atoms with Gasteiger partial charge < -0.3 is 24.7 Å². The lowest BCUT2D eigenvalue weighted by Gasteiger charge is -2.18. The van der Waals surface area contributed by atoms with E-state index in [4.69, 9.17) is 9.47 Å². The quantitative estimate of drug-likeness (QED) is 0.267. The Balaban J connectivity index is 0.00000289. The zero-order valence-electron chi connectivity index (χ0n) is 18.5. The summed E-state index contributed by atoms with van der Waals surface area (Å²) in [6, 6.07) is 14.5. The van der Waals surface area contributed by atoms with Crippen LogP contribution in [0.2, 0.25) is 0 Å². The second-order valence-electron chi connectivity index (χ2n) is 7.59. The van der Waals surface area contributed by atoms with Gasteiger partial charge >= 0.3 is 0 Å². The molecule has 8 heteroatoms. The summed E-state index contributed by atoms with van der Waals surface area (Å²) in [6.07, 6.45) is 6.59. The van der Waals surface area contributed by atoms with Crippen molar-refractivity contribution in [3.8, 4) is 11.4 Å². The molecule has 170 valence electrons. The van der Waals surface area contributed by atoms with Crippen molar-refractivity contribution in [2.24, 2.45) is 4.99 Å². The monoisotopic (exact) mass is 547 g/mol. The van der Waals surface area contributed by atoms with Crippen molar-refractivity contribution in [3.05, 3.63) is 77.9 Å². The lowest BCUT2D eigenvalue weighted by molar-refractivity contribution is 0.140. The van der Waals surface area contributed by atoms with Crippen LogP contribution < -0.4 is 15.4 Å². The molecule has 3 aromatic rings. The molecule has 1 aromatic heterocycles. The fourth-order valence-corrected chi connectivity index (χ4v) is 3.60. The lowest BCUT2D eigenvalue weighted by atomic mass is 10.1. The SMILES string of the molecule is CN=C(NCc1ccc(C)cc1OC1CCOC1)NCc1ccccc1-n1ccnc1.I. The van der Waals surface area contributed by atoms with E-state index < -0.39 is 0 Å². The average Bonchev–Trinajstić information content (AvgIpc) is 3.50. The fourth-order valence-electron chi connectivity index (χ4n) is 3.60. The van der Waals surface area contributed by atoms with E-state index in [0.29, 0.717) is 19.7 Å². The summed E-state index contributed by atoms with van der Waals surface area (Å²) in [5.74, 6) is 1.64. The van der Waals surface area contributed by atoms with Crippen molar-refractivity contribution in [2.45, 2.75) is 32.5 Å². The molecular formula is C24H30IN5O2. The van der Waals surface area contributed by atoms with Crippen molar-refractivity contribution in [1.29, 1.82) is 0 Å². The van der Waals surface area contributed by atoms with Crippen LogP contribution in [0.25, 0.3) is 5.69 Å². The molecule has 7 nitrogen and oxygen atoms in total. The van der Waals surface area contributed by atoms with Crippen molar-refractivity contribution < 1.29 is 9.47 Å². The van der Waals surface area contributed by atoms with E-state index in [1.54, 1.807) is 19.6 Å². The molecule has 1 aliphatic heterocycles. The minimum absolute atomic E-state index is 0. The Labute approximate surface area is 206 Å². The molecule has 2 aromatic carbocycles. The van der Waals surface area contributed by atoms with Crippen LogP contribution in [0.15, 0.2) is 66.2 Å². The van der Waals surface area contributed by atoms with E-state index in [1.165, 1.54) is 5.56 Å². The maximum atomic E-state index is 6.21. The van der Waals surface area contributed by atoms with E-state index in [-0.39, 0.29) is 30.1 Å². The number of ether oxygens (including phenoxy) is 2. The Morgan fingerprint density at radius 2 is 2.00 bits per heavy atom. The topological polar surface area (TPSA) is 72.7 Å². The number of para-hydroxylation sites is 1. The number of aliphatic imine (C=N–C) groups is 1. The first kappa shape index (κ1) is 24.1. The van der Waals surface area contributed by atoms with Gasteiger partial charge in [-0.3, -0.25) is 4.99 Å². The molecule has 0 spiro atoms. The van der Waals surface area contributed by atoms with Crippen molar-refractivity contribution >= 4 is 29.9 Å². The van der Waals surface area contributed by atoms with Crippen LogP contribution in [-0.2, 0) is 17.8 Å². The number of halogens is 1. The third kappa shape index (κ3) is 6.23. The summed E-state index contributed by atoms with van der Waals surface area (Å²) >= 11 is 0. The number of guanidine groups is 1. The van der Waals surface area contributed by atoms with Crippen LogP contribution in [0.1, 0.15) is 23.1 Å². The molecular weight excluding hydrogens is 517 g/mol. The Morgan fingerprint density at radius 3 is 2.72 bits per heavy atom. The average molecular weight is 547 g/mol. The Kier molecular flexibility index (Phi) is 8.92. The van der Waals surface area contributed by atoms with E-state index in [1.807, 2.05) is 22.9 Å². The summed E-state index contributed by atoms with van der Waals surface area (Å²) in [5.41, 5.74) is 4.52. The van der Waals surface area contributed by atoms with Gasteiger partial charge in [0.2, 0.25) is 0 Å². The molecule has 1 aliphatic rings. The number of aryl methyl sites for hydroxylation is 1. The molecule has 0 amide bonds. The van der Waals surface area contributed by atoms with E-state index in [0.717, 1.165) is 41.6 Å². The highest BCUT2D eigenvalue weighted by atomic mass is 127. The molecule has 0 saturated carbocycles. The van der Waals surface area contributed by atoms with Crippen molar-refractivity contribution in [2.75, 3.05) is 20.3 Å². The van der Waals surface area contributed by atoms with Gasteiger partial charge in [-0.05, 0) is 30.2 Å². The first-order valence-corrected chi connectivity index (χ1v) is 10.6. The van der Waals surface area contributed by atoms with E-state index in [2.05, 4.69) is 57.9 Å². The summed E-state index contributed by atoms with van der Waals surface area (Å²) in [6.45, 7) is 4.76. The minimum atomic E-state index is 0. The Hall–Kier alpha value is -2.59. The van der Waals surface area contributed by atoms with Crippen molar-refractivity contribution in [3.63, 3.8) is 0 Å². The lowest BCUT2D eigenvalue weighted by Crippen LogP contribution is -2.36. The number of benzene rings is 2. The second kappa shape index (κ2) is 11.9. The number of nitrogens with one attached hydrogen (secondary N) is 2. The van der Waals surface area contributed by atoms with Crippen LogP contribution in [0.3, 0.4) is 0 Å². The number of hydrogen-bond acceptors (Lipinski definition) is 4. The van der Waals surface area contributed by atoms with Gasteiger partial charge in [-0.2, -0.15) is 0 Å². The van der Waals surface area contributed by atoms with Gasteiger partial charge in [0.1, 0.15) is 11.9 Å². The maximum absolute atomic E-state index is 6.21. The molecule has 32 heavy (non-hydrogen) atoms. The predicted octanol–water partition coefficient (Wildman–Crippen LogP) is 3.83. The van der Waals surface area contributed by atoms with Crippen LogP contribution >= 0.6 is 24.0 Å². The molecule has 0 aliphatic carbocycles. The van der Waals surface area contributed by atoms with Crippen LogP contribution in [0.5, 0.6) is 5.75 Å². The number of hydrogen-bond donors (Lipinski definition) is 2. The van der Waals surface area contributed by atoms with Gasteiger partial charge in [0, 0.05) is 44.5 Å². The molecule has 1 unspecified atom stereocenters. The van der Waals surface area contributed by atoms with E-state index >= 15 is 0 Å². The predicted molar refractivity (Wildman–Crippen MR) is 137 cm³/mol. The van der Waals surface area contributed by atoms with E-state index in [9.17, 15) is 0 Å². The molecule has 2 N–H and O–H groups in total. The number of rotatable bonds is 7. The molecule has 0 radical (unpaired) electrons. The van der Waals surface area contributed by atoms with Crippen LogP contribution in [0.4, 0.5) is 0 Å². The van der Waals surface area contributed by atoms with Gasteiger partial charge in [0.05, 0.1) is 25.2 Å². The van der Waals surface area contributed by atoms with Crippen LogP contribution in [-0.4, -0.2) is 41.9 Å². The highest BCUT2D eigenvalue weighted by molar-refractivity contribution is 14.0. The summed E-state index contributed by atoms with van der Waals surface area (Å²) in [4.78, 5) is 8.53. The minimum Gasteiger partial charge on any atom is -0.488 e. The maximum Gasteiger partial charge on any atom is 0.191 e. The third-order valence-corrected chi connectivity index (χ3v) is 5.29. The summed E-state index contributed by atoms with van der Waals surface area (Å²) in [7, 11) is 1.78. The standard InChI is InChI=1S/C24H29N5O2.HI/c1-18-7-8-20(23(13-18)31-21-9-12-30-16-21)15-28-24(25-2)27-14-19-5-3-4-6-22(19)29-11-10-26-17-29;/h3-8,10-11,13,17,21H,9,12,14-16H2,1-2H3,(H2,25,27,28);1H. The van der Waals surface area contributed by atoms with Gasteiger partial charge in [-0.25, -0.2) is 4.98 Å². The number of aromatic nitrogens is 2. The molecule has 2 heterocycles. The Morgan fingerprint density at radius 1 is 1.19 bits per heavy atom. The largest absolute Gasteiger partial charge is 0.488 e. The highest BCUT2D eigenvalue weighted by Gasteiger charge is 2.18. The van der Waals surface area contributed by atoms with Crippen LogP contribution in [0, 0.1) is 6.92 Å². The molecule has 1 atom stereocenters. The van der Waals surface area contributed by atoms with Gasteiger partial charge in [-0.15, -0.1) is 24.0 Å². The first-order valence-electron chi connectivity index (χ1n) is 10.6. The number of nitrogens with zero attached hydrogens (tertiary/aromatic N) is 3. The summed E-state index contributed by atoms with van der Waals surface area (Å²) < 4.78 is 13.7. The fraction of sp³-hybridized carbons (Fsp3) is 0.333.